The van der Waals surface area contributed by atoms with Crippen LogP contribution in [-0.2, 0) is 5.41 Å². The number of rotatable bonds is 12. The quantitative estimate of drug-likeness (QED) is 0.304. The van der Waals surface area contributed by atoms with E-state index in [2.05, 4.69) is 107 Å². The molecule has 0 amide bonds. The van der Waals surface area contributed by atoms with E-state index < -0.39 is 0 Å². The van der Waals surface area contributed by atoms with Crippen molar-refractivity contribution in [1.29, 1.82) is 0 Å². The van der Waals surface area contributed by atoms with E-state index in [1.807, 2.05) is 24.5 Å². The van der Waals surface area contributed by atoms with E-state index in [1.54, 1.807) is 0 Å². The number of hydrogen-bond donors (Lipinski definition) is 2. The maximum Gasteiger partial charge on any atom is 0.137 e. The lowest BCUT2D eigenvalue weighted by molar-refractivity contribution is 0.0683. The minimum absolute atomic E-state index is 0.0266. The lowest BCUT2D eigenvalue weighted by Gasteiger charge is -2.46. The van der Waals surface area contributed by atoms with Gasteiger partial charge in [0.05, 0.1) is 12.8 Å². The molecule has 0 aromatic carbocycles. The summed E-state index contributed by atoms with van der Waals surface area (Å²) in [5, 5.41) is 7.80. The molecule has 41 heavy (non-hydrogen) atoms. The Morgan fingerprint density at radius 1 is 0.805 bits per heavy atom. The molecule has 1 saturated carbocycles. The minimum Gasteiger partial charge on any atom is -0.491 e. The first kappa shape index (κ1) is 31.6. The third-order valence-electron chi connectivity index (χ3n) is 8.06. The first-order valence-corrected chi connectivity index (χ1v) is 15.5. The third kappa shape index (κ3) is 9.57. The Morgan fingerprint density at radius 3 is 2.00 bits per heavy atom. The number of nitrogens with one attached hydrogen (secondary N) is 2. The smallest absolute Gasteiger partial charge is 0.137 e. The van der Waals surface area contributed by atoms with Gasteiger partial charge in [0.25, 0.3) is 0 Å². The number of anilines is 1. The van der Waals surface area contributed by atoms with Crippen molar-refractivity contribution in [2.75, 3.05) is 24.6 Å². The van der Waals surface area contributed by atoms with Crippen LogP contribution >= 0.6 is 0 Å². The Bertz CT molecular complexity index is 1120. The average Bonchev–Trinajstić information content (AvgIpc) is 2.82. The molecule has 7 nitrogen and oxygen atoms in total. The van der Waals surface area contributed by atoms with E-state index in [0.29, 0.717) is 18.7 Å². The molecule has 4 rings (SSSR count). The highest BCUT2D eigenvalue weighted by atomic mass is 16.5. The fourth-order valence-corrected chi connectivity index (χ4v) is 5.44. The summed E-state index contributed by atoms with van der Waals surface area (Å²) < 4.78 is 12.1. The molecule has 3 heterocycles. The van der Waals surface area contributed by atoms with Gasteiger partial charge in [-0.05, 0) is 77.0 Å². The Hall–Kier alpha value is -2.38. The molecule has 2 N–H and O–H groups in total. The molecule has 1 aliphatic carbocycles. The lowest BCUT2D eigenvalue weighted by atomic mass is 9.83. The molecular formula is C34H55N5O2. The summed E-state index contributed by atoms with van der Waals surface area (Å²) in [4.78, 5) is 11.5. The monoisotopic (exact) mass is 565 g/mol. The number of hydrogen-bond acceptors (Lipinski definition) is 7. The van der Waals surface area contributed by atoms with E-state index in [4.69, 9.17) is 9.47 Å². The van der Waals surface area contributed by atoms with Crippen molar-refractivity contribution >= 4 is 5.82 Å². The van der Waals surface area contributed by atoms with Gasteiger partial charge in [-0.3, -0.25) is 4.98 Å². The summed E-state index contributed by atoms with van der Waals surface area (Å²) in [6.45, 7) is 25.1. The van der Waals surface area contributed by atoms with Gasteiger partial charge >= 0.3 is 0 Å². The van der Waals surface area contributed by atoms with E-state index >= 15 is 0 Å². The maximum atomic E-state index is 6.27. The molecule has 1 saturated heterocycles. The predicted octanol–water partition coefficient (Wildman–Crippen LogP) is 6.51. The summed E-state index contributed by atoms with van der Waals surface area (Å²) in [6, 6.07) is 9.17. The predicted molar refractivity (Wildman–Crippen MR) is 169 cm³/mol. The van der Waals surface area contributed by atoms with Crippen molar-refractivity contribution in [3.05, 3.63) is 42.4 Å². The largest absolute Gasteiger partial charge is 0.491 e. The SMILES string of the molecule is CC(C)(C)COc1ccc(N2CC(NC(C)(C)CCC(C)(C)N[C@H]3C[C@@H](Oc4ccnc(C(C)(C)C)c4)C3)C2)nc1. The molecule has 1 aliphatic heterocycles. The molecule has 7 heteroatoms. The van der Waals surface area contributed by atoms with Gasteiger partial charge in [-0.1, -0.05) is 41.5 Å². The molecule has 2 fully saturated rings. The Balaban J connectivity index is 1.14. The van der Waals surface area contributed by atoms with Gasteiger partial charge in [-0.15, -0.1) is 0 Å². The van der Waals surface area contributed by atoms with Crippen LogP contribution in [0.2, 0.25) is 0 Å². The lowest BCUT2D eigenvalue weighted by Crippen LogP contribution is -2.63. The zero-order chi connectivity index (χ0) is 30.1. The van der Waals surface area contributed by atoms with Crippen molar-refractivity contribution in [1.82, 2.24) is 20.6 Å². The fraction of sp³-hybridized carbons (Fsp3) is 0.706. The molecule has 0 unspecified atom stereocenters. The summed E-state index contributed by atoms with van der Waals surface area (Å²) in [5.41, 5.74) is 1.39. The molecule has 228 valence electrons. The normalized spacial score (nSPS) is 20.4. The topological polar surface area (TPSA) is 71.5 Å². The van der Waals surface area contributed by atoms with Crippen molar-refractivity contribution in [2.24, 2.45) is 5.41 Å². The first-order chi connectivity index (χ1) is 19.0. The highest BCUT2D eigenvalue weighted by Gasteiger charge is 2.37. The van der Waals surface area contributed by atoms with Crippen LogP contribution in [0.4, 0.5) is 5.82 Å². The number of ether oxygens (including phenoxy) is 2. The van der Waals surface area contributed by atoms with Crippen LogP contribution in [0.25, 0.3) is 0 Å². The molecule has 0 atom stereocenters. The first-order valence-electron chi connectivity index (χ1n) is 15.5. The van der Waals surface area contributed by atoms with Crippen LogP contribution in [0.15, 0.2) is 36.7 Å². The van der Waals surface area contributed by atoms with Gasteiger partial charge in [-0.2, -0.15) is 0 Å². The second kappa shape index (κ2) is 12.1. The van der Waals surface area contributed by atoms with Crippen molar-refractivity contribution < 1.29 is 9.47 Å². The number of nitrogens with zero attached hydrogens (tertiary/aromatic N) is 3. The van der Waals surface area contributed by atoms with Crippen molar-refractivity contribution in [3.63, 3.8) is 0 Å². The Kier molecular flexibility index (Phi) is 9.30. The second-order valence-electron chi connectivity index (χ2n) is 15.9. The molecule has 2 aromatic rings. The second-order valence-corrected chi connectivity index (χ2v) is 15.9. The van der Waals surface area contributed by atoms with Gasteiger partial charge in [-0.25, -0.2) is 4.98 Å². The van der Waals surface area contributed by atoms with Gasteiger partial charge < -0.3 is 25.0 Å². The molecule has 2 aromatic heterocycles. The standard InChI is InChI=1S/C34H55N5O2/c1-31(2,3)23-40-27-11-12-30(36-20-27)39-21-25(22-39)38-34(9,10)15-14-33(7,8)37-24-17-28(18-24)41-26-13-16-35-29(19-26)32(4,5)6/h11-13,16,19-20,24-25,28,37-38H,14-15,17-18,21-23H2,1-10H3/t24-,28+. The van der Waals surface area contributed by atoms with Crippen LogP contribution in [0.3, 0.4) is 0 Å². The van der Waals surface area contributed by atoms with Gasteiger partial charge in [0.15, 0.2) is 0 Å². The summed E-state index contributed by atoms with van der Waals surface area (Å²) >= 11 is 0. The molecule has 0 bridgehead atoms. The van der Waals surface area contributed by atoms with E-state index in [1.165, 1.54) is 0 Å². The third-order valence-corrected chi connectivity index (χ3v) is 8.06. The zero-order valence-corrected chi connectivity index (χ0v) is 27.3. The van der Waals surface area contributed by atoms with Crippen molar-refractivity contribution in [2.45, 2.75) is 130 Å². The van der Waals surface area contributed by atoms with Crippen LogP contribution in [0.1, 0.15) is 101 Å². The van der Waals surface area contributed by atoms with Crippen molar-refractivity contribution in [3.8, 4) is 11.5 Å². The molecule has 2 aliphatic rings. The zero-order valence-electron chi connectivity index (χ0n) is 27.3. The summed E-state index contributed by atoms with van der Waals surface area (Å²) in [6.07, 6.45) is 8.31. The fourth-order valence-electron chi connectivity index (χ4n) is 5.44. The van der Waals surface area contributed by atoms with Crippen LogP contribution < -0.4 is 25.0 Å². The molecular weight excluding hydrogens is 510 g/mol. The maximum absolute atomic E-state index is 6.27. The Labute approximate surface area is 249 Å². The van der Waals surface area contributed by atoms with Gasteiger partial charge in [0.2, 0.25) is 0 Å². The van der Waals surface area contributed by atoms with Crippen LogP contribution in [0, 0.1) is 5.41 Å². The summed E-state index contributed by atoms with van der Waals surface area (Å²) in [7, 11) is 0. The number of pyridine rings is 2. The summed E-state index contributed by atoms with van der Waals surface area (Å²) in [5.74, 6) is 2.80. The van der Waals surface area contributed by atoms with E-state index in [-0.39, 0.29) is 28.0 Å². The highest BCUT2D eigenvalue weighted by Crippen LogP contribution is 2.31. The van der Waals surface area contributed by atoms with Gasteiger partial charge in [0.1, 0.15) is 23.4 Å². The average molecular weight is 566 g/mol. The minimum atomic E-state index is 0.0266. The van der Waals surface area contributed by atoms with Gasteiger partial charge in [0, 0.05) is 59.6 Å². The van der Waals surface area contributed by atoms with Crippen LogP contribution in [0.5, 0.6) is 11.5 Å². The molecule has 0 spiro atoms. The number of aromatic nitrogens is 2. The molecule has 0 radical (unpaired) electrons. The van der Waals surface area contributed by atoms with E-state index in [9.17, 15) is 0 Å². The Morgan fingerprint density at radius 2 is 1.44 bits per heavy atom. The van der Waals surface area contributed by atoms with Crippen LogP contribution in [-0.4, -0.2) is 58.9 Å². The highest BCUT2D eigenvalue weighted by molar-refractivity contribution is 5.44. The van der Waals surface area contributed by atoms with E-state index in [0.717, 1.165) is 61.8 Å².